The normalized spacial score (nSPS) is 24.6. The SMILES string of the molecule is C[C@@H]1N/C(=C\[N+](=O)[O-])N(Cc2ccc(Cl)nc2)[C@H]1C. The Bertz CT molecular complexity index is 503. The van der Waals surface area contributed by atoms with Gasteiger partial charge in [-0.2, -0.15) is 0 Å². The summed E-state index contributed by atoms with van der Waals surface area (Å²) in [6.07, 6.45) is 2.69. The second-order valence-electron chi connectivity index (χ2n) is 4.59. The van der Waals surface area contributed by atoms with Gasteiger partial charge in [0.15, 0.2) is 5.82 Å². The molecule has 1 fully saturated rings. The maximum absolute atomic E-state index is 10.6. The van der Waals surface area contributed by atoms with Crippen molar-refractivity contribution in [1.82, 2.24) is 15.2 Å². The summed E-state index contributed by atoms with van der Waals surface area (Å²) in [6, 6.07) is 3.91. The van der Waals surface area contributed by atoms with E-state index in [1.807, 2.05) is 24.8 Å². The smallest absolute Gasteiger partial charge is 0.274 e. The van der Waals surface area contributed by atoms with Gasteiger partial charge in [0.2, 0.25) is 0 Å². The molecule has 19 heavy (non-hydrogen) atoms. The lowest BCUT2D eigenvalue weighted by atomic mass is 10.1. The maximum Gasteiger partial charge on any atom is 0.274 e. The van der Waals surface area contributed by atoms with E-state index in [2.05, 4.69) is 10.3 Å². The minimum atomic E-state index is -0.444. The van der Waals surface area contributed by atoms with Crippen LogP contribution in [0, 0.1) is 10.1 Å². The van der Waals surface area contributed by atoms with Gasteiger partial charge in [0.05, 0.1) is 4.92 Å². The van der Waals surface area contributed by atoms with Gasteiger partial charge < -0.3 is 10.2 Å². The Hall–Kier alpha value is -1.82. The molecule has 1 aromatic heterocycles. The largest absolute Gasteiger partial charge is 0.362 e. The van der Waals surface area contributed by atoms with Gasteiger partial charge >= 0.3 is 0 Å². The highest BCUT2D eigenvalue weighted by Crippen LogP contribution is 2.22. The van der Waals surface area contributed by atoms with E-state index in [0.717, 1.165) is 11.8 Å². The summed E-state index contributed by atoms with van der Waals surface area (Å²) in [5.41, 5.74) is 0.960. The molecule has 0 spiro atoms. The first kappa shape index (κ1) is 13.6. The highest BCUT2D eigenvalue weighted by molar-refractivity contribution is 6.29. The number of nitro groups is 1. The predicted octanol–water partition coefficient (Wildman–Crippen LogP) is 1.99. The molecule has 0 amide bonds. The third-order valence-electron chi connectivity index (χ3n) is 3.27. The van der Waals surface area contributed by atoms with Crippen LogP contribution >= 0.6 is 11.6 Å². The van der Waals surface area contributed by atoms with Crippen LogP contribution in [0.5, 0.6) is 0 Å². The van der Waals surface area contributed by atoms with Gasteiger partial charge in [-0.05, 0) is 25.5 Å². The zero-order valence-corrected chi connectivity index (χ0v) is 11.5. The lowest BCUT2D eigenvalue weighted by Gasteiger charge is -2.23. The molecule has 0 aromatic carbocycles. The molecule has 0 radical (unpaired) electrons. The number of nitrogens with zero attached hydrogens (tertiary/aromatic N) is 3. The molecule has 0 aliphatic carbocycles. The van der Waals surface area contributed by atoms with Gasteiger partial charge in [0, 0.05) is 24.8 Å². The van der Waals surface area contributed by atoms with Crippen molar-refractivity contribution < 1.29 is 4.92 Å². The number of pyridine rings is 1. The fourth-order valence-corrected chi connectivity index (χ4v) is 2.17. The Labute approximate surface area is 116 Å². The summed E-state index contributed by atoms with van der Waals surface area (Å²) < 4.78 is 0. The summed E-state index contributed by atoms with van der Waals surface area (Å²) in [5.74, 6) is 0.528. The second-order valence-corrected chi connectivity index (χ2v) is 4.98. The molecule has 6 nitrogen and oxygen atoms in total. The number of nitrogens with one attached hydrogen (secondary N) is 1. The summed E-state index contributed by atoms with van der Waals surface area (Å²) in [4.78, 5) is 16.2. The van der Waals surface area contributed by atoms with Gasteiger partial charge in [0.25, 0.3) is 6.20 Å². The van der Waals surface area contributed by atoms with Gasteiger partial charge in [-0.25, -0.2) is 4.98 Å². The molecule has 1 saturated heterocycles. The van der Waals surface area contributed by atoms with E-state index < -0.39 is 4.92 Å². The van der Waals surface area contributed by atoms with Crippen LogP contribution in [-0.4, -0.2) is 26.9 Å². The Morgan fingerprint density at radius 3 is 2.89 bits per heavy atom. The van der Waals surface area contributed by atoms with Crippen molar-refractivity contribution in [3.8, 4) is 0 Å². The molecular formula is C12H15ClN4O2. The van der Waals surface area contributed by atoms with Crippen molar-refractivity contribution >= 4 is 11.6 Å². The Morgan fingerprint density at radius 2 is 2.32 bits per heavy atom. The van der Waals surface area contributed by atoms with Crippen molar-refractivity contribution in [2.45, 2.75) is 32.5 Å². The third-order valence-corrected chi connectivity index (χ3v) is 3.49. The summed E-state index contributed by atoms with van der Waals surface area (Å²) >= 11 is 5.74. The Morgan fingerprint density at radius 1 is 1.58 bits per heavy atom. The number of hydrogen-bond acceptors (Lipinski definition) is 5. The minimum Gasteiger partial charge on any atom is -0.362 e. The molecule has 2 atom stereocenters. The van der Waals surface area contributed by atoms with E-state index in [4.69, 9.17) is 11.6 Å². The number of rotatable bonds is 3. The zero-order valence-electron chi connectivity index (χ0n) is 10.7. The topological polar surface area (TPSA) is 71.3 Å². The highest BCUT2D eigenvalue weighted by Gasteiger charge is 2.32. The predicted molar refractivity (Wildman–Crippen MR) is 71.9 cm³/mol. The molecule has 102 valence electrons. The average Bonchev–Trinajstić information content (AvgIpc) is 2.59. The minimum absolute atomic E-state index is 0.159. The number of aromatic nitrogens is 1. The van der Waals surface area contributed by atoms with Crippen LogP contribution in [0.4, 0.5) is 0 Å². The Balaban J connectivity index is 2.20. The standard InChI is InChI=1S/C12H15ClN4O2/c1-8-9(2)16(12(15-8)7-17(18)19)6-10-3-4-11(13)14-5-10/h3-5,7-9,15H,6H2,1-2H3/b12-7+/t8-,9-/m0/s1. The quantitative estimate of drug-likeness (QED) is 0.521. The van der Waals surface area contributed by atoms with E-state index in [0.29, 0.717) is 17.5 Å². The lowest BCUT2D eigenvalue weighted by Crippen LogP contribution is -2.30. The van der Waals surface area contributed by atoms with Gasteiger partial charge in [-0.15, -0.1) is 0 Å². The van der Waals surface area contributed by atoms with Crippen LogP contribution in [0.15, 0.2) is 30.4 Å². The van der Waals surface area contributed by atoms with E-state index in [9.17, 15) is 10.1 Å². The fourth-order valence-electron chi connectivity index (χ4n) is 2.06. The van der Waals surface area contributed by atoms with E-state index in [1.165, 1.54) is 0 Å². The molecule has 2 rings (SSSR count). The first-order chi connectivity index (χ1) is 8.97. The van der Waals surface area contributed by atoms with Crippen molar-refractivity contribution in [3.63, 3.8) is 0 Å². The van der Waals surface area contributed by atoms with Crippen molar-refractivity contribution in [2.24, 2.45) is 0 Å². The van der Waals surface area contributed by atoms with E-state index in [1.54, 1.807) is 12.3 Å². The van der Waals surface area contributed by atoms with Crippen LogP contribution in [0.1, 0.15) is 19.4 Å². The van der Waals surface area contributed by atoms with Crippen LogP contribution in [0.2, 0.25) is 5.15 Å². The van der Waals surface area contributed by atoms with Crippen molar-refractivity contribution in [2.75, 3.05) is 0 Å². The molecule has 0 unspecified atom stereocenters. The van der Waals surface area contributed by atoms with Crippen molar-refractivity contribution in [3.05, 3.63) is 51.2 Å². The molecule has 7 heteroatoms. The maximum atomic E-state index is 10.6. The van der Waals surface area contributed by atoms with Crippen molar-refractivity contribution in [1.29, 1.82) is 0 Å². The van der Waals surface area contributed by atoms with E-state index >= 15 is 0 Å². The number of hydrogen-bond donors (Lipinski definition) is 1. The van der Waals surface area contributed by atoms with Crippen LogP contribution in [-0.2, 0) is 6.54 Å². The molecule has 1 N–H and O–H groups in total. The monoisotopic (exact) mass is 282 g/mol. The Kier molecular flexibility index (Phi) is 3.90. The molecule has 1 aromatic rings. The summed E-state index contributed by atoms with van der Waals surface area (Å²) in [5, 5.41) is 14.2. The summed E-state index contributed by atoms with van der Waals surface area (Å²) in [7, 11) is 0. The average molecular weight is 283 g/mol. The van der Waals surface area contributed by atoms with Crippen LogP contribution < -0.4 is 5.32 Å². The van der Waals surface area contributed by atoms with E-state index in [-0.39, 0.29) is 12.1 Å². The van der Waals surface area contributed by atoms with Crippen LogP contribution in [0.25, 0.3) is 0 Å². The first-order valence-corrected chi connectivity index (χ1v) is 6.34. The van der Waals surface area contributed by atoms with Gasteiger partial charge in [-0.3, -0.25) is 10.1 Å². The zero-order chi connectivity index (χ0) is 14.0. The highest BCUT2D eigenvalue weighted by atomic mass is 35.5. The molecule has 0 saturated carbocycles. The molecule has 2 heterocycles. The third kappa shape index (κ3) is 3.14. The van der Waals surface area contributed by atoms with Gasteiger partial charge in [-0.1, -0.05) is 17.7 Å². The molecule has 1 aliphatic heterocycles. The number of halogens is 1. The second kappa shape index (κ2) is 5.44. The molecule has 0 bridgehead atoms. The first-order valence-electron chi connectivity index (χ1n) is 5.96. The lowest BCUT2D eigenvalue weighted by molar-refractivity contribution is -0.404. The van der Waals surface area contributed by atoms with Crippen LogP contribution in [0.3, 0.4) is 0 Å². The fraction of sp³-hybridized carbons (Fsp3) is 0.417. The molecule has 1 aliphatic rings. The molecular weight excluding hydrogens is 268 g/mol. The summed E-state index contributed by atoms with van der Waals surface area (Å²) in [6.45, 7) is 4.59. The van der Waals surface area contributed by atoms with Gasteiger partial charge in [0.1, 0.15) is 5.15 Å².